The number of hydrogen-bond donors (Lipinski definition) is 1. The summed E-state index contributed by atoms with van der Waals surface area (Å²) in [4.78, 5) is 15.3. The van der Waals surface area contributed by atoms with Crippen molar-refractivity contribution >= 4 is 33.4 Å². The van der Waals surface area contributed by atoms with Crippen molar-refractivity contribution in [1.82, 2.24) is 10.2 Å². The summed E-state index contributed by atoms with van der Waals surface area (Å²) in [6.07, 6.45) is 0.792. The minimum Gasteiger partial charge on any atom is -0.444 e. The van der Waals surface area contributed by atoms with Gasteiger partial charge in [0.1, 0.15) is 5.60 Å². The fourth-order valence-electron chi connectivity index (χ4n) is 2.66. The van der Waals surface area contributed by atoms with Crippen LogP contribution in [-0.4, -0.2) is 36.7 Å². The van der Waals surface area contributed by atoms with Gasteiger partial charge in [-0.2, -0.15) is 0 Å². The van der Waals surface area contributed by atoms with Crippen molar-refractivity contribution in [3.8, 4) is 0 Å². The number of carbonyl (C=O) groups excluding carboxylic acids is 1. The van der Waals surface area contributed by atoms with E-state index in [9.17, 15) is 4.79 Å². The molecule has 1 aliphatic heterocycles. The van der Waals surface area contributed by atoms with E-state index < -0.39 is 5.60 Å². The Kier molecular flexibility index (Phi) is 5.33. The highest BCUT2D eigenvalue weighted by Crippen LogP contribution is 2.37. The van der Waals surface area contributed by atoms with Crippen LogP contribution in [0.5, 0.6) is 0 Å². The first kappa shape index (κ1) is 16.8. The third kappa shape index (κ3) is 4.20. The molecule has 0 saturated carbocycles. The summed E-state index contributed by atoms with van der Waals surface area (Å²) in [5, 5.41) is 5.48. The first-order valence-corrected chi connectivity index (χ1v) is 8.87. The molecule has 4 nitrogen and oxygen atoms in total. The molecule has 1 aliphatic rings. The second-order valence-corrected chi connectivity index (χ2v) is 8.18. The number of ether oxygens (including phenoxy) is 1. The molecular weight excluding hydrogens is 352 g/mol. The number of carbonyl (C=O) groups is 1. The summed E-state index contributed by atoms with van der Waals surface area (Å²) in [7, 11) is 1.98. The second kappa shape index (κ2) is 6.67. The maximum Gasteiger partial charge on any atom is 0.410 e. The molecule has 2 rings (SSSR count). The average molecular weight is 375 g/mol. The van der Waals surface area contributed by atoms with Crippen molar-refractivity contribution in [1.29, 1.82) is 0 Å². The molecule has 0 aromatic carbocycles. The largest absolute Gasteiger partial charge is 0.444 e. The van der Waals surface area contributed by atoms with E-state index in [0.717, 1.165) is 24.0 Å². The van der Waals surface area contributed by atoms with E-state index in [0.29, 0.717) is 5.92 Å². The molecule has 0 spiro atoms. The summed E-state index contributed by atoms with van der Waals surface area (Å²) in [6, 6.07) is 2.34. The van der Waals surface area contributed by atoms with E-state index in [4.69, 9.17) is 4.74 Å². The third-order valence-corrected chi connectivity index (χ3v) is 5.54. The van der Waals surface area contributed by atoms with E-state index in [1.54, 1.807) is 11.3 Å². The highest BCUT2D eigenvalue weighted by Gasteiger charge is 2.35. The zero-order valence-corrected chi connectivity index (χ0v) is 15.4. The summed E-state index contributed by atoms with van der Waals surface area (Å²) in [5.74, 6) is 0.414. The fourth-order valence-corrected chi connectivity index (χ4v) is 4.48. The second-order valence-electron chi connectivity index (χ2n) is 6.37. The molecule has 0 aliphatic carbocycles. The SMILES string of the molecule is CNC(c1sccc1Br)C1CCN(C(=O)OC(C)(C)C)C1. The Morgan fingerprint density at radius 1 is 1.57 bits per heavy atom. The van der Waals surface area contributed by atoms with Crippen molar-refractivity contribution in [3.05, 3.63) is 20.8 Å². The lowest BCUT2D eigenvalue weighted by molar-refractivity contribution is 0.0285. The molecule has 1 aromatic heterocycles. The minimum atomic E-state index is -0.436. The predicted molar refractivity (Wildman–Crippen MR) is 89.7 cm³/mol. The first-order chi connectivity index (χ1) is 9.81. The van der Waals surface area contributed by atoms with E-state index in [1.807, 2.05) is 32.7 Å². The van der Waals surface area contributed by atoms with Crippen LogP contribution in [0, 0.1) is 5.92 Å². The van der Waals surface area contributed by atoms with E-state index in [2.05, 4.69) is 32.7 Å². The van der Waals surface area contributed by atoms with Gasteiger partial charge in [0.15, 0.2) is 0 Å². The minimum absolute atomic E-state index is 0.204. The number of hydrogen-bond acceptors (Lipinski definition) is 4. The summed E-state index contributed by atoms with van der Waals surface area (Å²) < 4.78 is 6.60. The van der Waals surface area contributed by atoms with Gasteiger partial charge in [0.2, 0.25) is 0 Å². The van der Waals surface area contributed by atoms with Gasteiger partial charge in [0.05, 0.1) is 0 Å². The topological polar surface area (TPSA) is 41.6 Å². The Balaban J connectivity index is 2.01. The number of amides is 1. The Morgan fingerprint density at radius 3 is 2.81 bits per heavy atom. The Labute approximate surface area is 139 Å². The average Bonchev–Trinajstić information content (AvgIpc) is 2.99. The number of thiophene rings is 1. The van der Waals surface area contributed by atoms with Crippen LogP contribution in [-0.2, 0) is 4.74 Å². The lowest BCUT2D eigenvalue weighted by atomic mass is 9.98. The van der Waals surface area contributed by atoms with Gasteiger partial charge in [0.25, 0.3) is 0 Å². The molecule has 21 heavy (non-hydrogen) atoms. The highest BCUT2D eigenvalue weighted by molar-refractivity contribution is 9.10. The van der Waals surface area contributed by atoms with Gasteiger partial charge in [0, 0.05) is 28.5 Å². The molecule has 0 radical (unpaired) electrons. The Morgan fingerprint density at radius 2 is 2.29 bits per heavy atom. The van der Waals surface area contributed by atoms with Crippen LogP contribution in [0.1, 0.15) is 38.1 Å². The number of halogens is 1. The molecule has 1 fully saturated rings. The van der Waals surface area contributed by atoms with Crippen LogP contribution in [0.15, 0.2) is 15.9 Å². The summed E-state index contributed by atoms with van der Waals surface area (Å²) in [6.45, 7) is 7.21. The zero-order chi connectivity index (χ0) is 15.6. The summed E-state index contributed by atoms with van der Waals surface area (Å²) in [5.41, 5.74) is -0.436. The van der Waals surface area contributed by atoms with Gasteiger partial charge in [-0.1, -0.05) is 0 Å². The van der Waals surface area contributed by atoms with Gasteiger partial charge in [-0.15, -0.1) is 11.3 Å². The van der Waals surface area contributed by atoms with E-state index in [1.165, 1.54) is 4.88 Å². The molecule has 1 aromatic rings. The Bertz CT molecular complexity index is 498. The number of likely N-dealkylation sites (tertiary alicyclic amines) is 1. The standard InChI is InChI=1S/C15H23BrN2O2S/c1-15(2,3)20-14(19)18-7-5-10(9-18)12(17-4)13-11(16)6-8-21-13/h6,8,10,12,17H,5,7,9H2,1-4H3. The first-order valence-electron chi connectivity index (χ1n) is 7.20. The number of rotatable bonds is 3. The van der Waals surface area contributed by atoms with Crippen molar-refractivity contribution in [2.24, 2.45) is 5.92 Å². The van der Waals surface area contributed by atoms with Crippen LogP contribution in [0.4, 0.5) is 4.79 Å². The summed E-state index contributed by atoms with van der Waals surface area (Å²) >= 11 is 5.35. The lowest BCUT2D eigenvalue weighted by Gasteiger charge is -2.26. The van der Waals surface area contributed by atoms with Crippen molar-refractivity contribution in [2.75, 3.05) is 20.1 Å². The molecule has 1 N–H and O–H groups in total. The van der Waals surface area contributed by atoms with Crippen LogP contribution in [0.3, 0.4) is 0 Å². The molecule has 2 atom stereocenters. The normalized spacial score (nSPS) is 20.6. The van der Waals surface area contributed by atoms with E-state index >= 15 is 0 Å². The van der Waals surface area contributed by atoms with Crippen LogP contribution in [0.25, 0.3) is 0 Å². The van der Waals surface area contributed by atoms with Gasteiger partial charge in [-0.05, 0) is 67.5 Å². The van der Waals surface area contributed by atoms with Crippen molar-refractivity contribution < 1.29 is 9.53 Å². The van der Waals surface area contributed by atoms with E-state index in [-0.39, 0.29) is 12.1 Å². The van der Waals surface area contributed by atoms with Crippen molar-refractivity contribution in [3.63, 3.8) is 0 Å². The molecule has 1 saturated heterocycles. The number of nitrogens with one attached hydrogen (secondary N) is 1. The molecule has 118 valence electrons. The zero-order valence-electron chi connectivity index (χ0n) is 13.0. The number of nitrogens with zero attached hydrogens (tertiary/aromatic N) is 1. The maximum absolute atomic E-state index is 12.1. The molecule has 0 bridgehead atoms. The quantitative estimate of drug-likeness (QED) is 0.868. The van der Waals surface area contributed by atoms with Crippen LogP contribution >= 0.6 is 27.3 Å². The van der Waals surface area contributed by atoms with Gasteiger partial charge in [-0.3, -0.25) is 0 Å². The van der Waals surface area contributed by atoms with Crippen LogP contribution in [0.2, 0.25) is 0 Å². The van der Waals surface area contributed by atoms with Gasteiger partial charge in [-0.25, -0.2) is 4.79 Å². The monoisotopic (exact) mass is 374 g/mol. The fraction of sp³-hybridized carbons (Fsp3) is 0.667. The van der Waals surface area contributed by atoms with Crippen molar-refractivity contribution in [2.45, 2.75) is 38.8 Å². The molecular formula is C15H23BrN2O2S. The molecule has 2 unspecified atom stereocenters. The molecule has 6 heteroatoms. The smallest absolute Gasteiger partial charge is 0.410 e. The predicted octanol–water partition coefficient (Wildman–Crippen LogP) is 4.03. The molecule has 2 heterocycles. The highest BCUT2D eigenvalue weighted by atomic mass is 79.9. The van der Waals surface area contributed by atoms with Gasteiger partial charge >= 0.3 is 6.09 Å². The molecule has 1 amide bonds. The maximum atomic E-state index is 12.1. The Hall–Kier alpha value is -0.590. The van der Waals surface area contributed by atoms with Gasteiger partial charge < -0.3 is 15.0 Å². The lowest BCUT2D eigenvalue weighted by Crippen LogP contribution is -2.36. The third-order valence-electron chi connectivity index (χ3n) is 3.59. The van der Waals surface area contributed by atoms with Crippen LogP contribution < -0.4 is 5.32 Å².